The fourth-order valence-electron chi connectivity index (χ4n) is 1.19. The van der Waals surface area contributed by atoms with Gasteiger partial charge < -0.3 is 14.9 Å². The molecule has 0 aromatic rings. The van der Waals surface area contributed by atoms with Crippen LogP contribution in [0.1, 0.15) is 13.8 Å². The molecular formula is C7H14O3. The zero-order valence-corrected chi connectivity index (χ0v) is 6.32. The normalized spacial score (nSPS) is 49.2. The summed E-state index contributed by atoms with van der Waals surface area (Å²) in [5.41, 5.74) is 0. The fraction of sp³-hybridized carbons (Fsp3) is 1.00. The van der Waals surface area contributed by atoms with E-state index in [4.69, 9.17) is 9.84 Å². The van der Waals surface area contributed by atoms with Crippen LogP contribution in [0, 0.1) is 11.8 Å². The maximum atomic E-state index is 9.38. The second-order valence-corrected chi connectivity index (χ2v) is 3.05. The Balaban J connectivity index is 2.52. The van der Waals surface area contributed by atoms with Crippen molar-refractivity contribution in [2.24, 2.45) is 11.8 Å². The van der Waals surface area contributed by atoms with Crippen LogP contribution in [-0.4, -0.2) is 29.2 Å². The van der Waals surface area contributed by atoms with Gasteiger partial charge in [-0.2, -0.15) is 0 Å². The molecule has 1 fully saturated rings. The molecule has 0 unspecified atom stereocenters. The molecule has 0 radical (unpaired) electrons. The van der Waals surface area contributed by atoms with Gasteiger partial charge in [0, 0.05) is 11.8 Å². The average Bonchev–Trinajstić information content (AvgIpc) is 1.93. The third-order valence-corrected chi connectivity index (χ3v) is 2.10. The fourth-order valence-corrected chi connectivity index (χ4v) is 1.19. The standard InChI is InChI=1S/C7H14O3/c1-4-3-10-7(9)5(2)6(4)8/h4-9H,3H2,1-2H3/t4-,5-,6+,7-/m1/s1. The largest absolute Gasteiger partial charge is 0.392 e. The van der Waals surface area contributed by atoms with Crippen molar-refractivity contribution in [2.45, 2.75) is 26.2 Å². The molecule has 10 heavy (non-hydrogen) atoms. The van der Waals surface area contributed by atoms with Gasteiger partial charge in [0.15, 0.2) is 6.29 Å². The summed E-state index contributed by atoms with van der Waals surface area (Å²) < 4.78 is 4.97. The summed E-state index contributed by atoms with van der Waals surface area (Å²) in [6, 6.07) is 0. The Kier molecular flexibility index (Phi) is 2.28. The lowest BCUT2D eigenvalue weighted by atomic mass is 9.91. The smallest absolute Gasteiger partial charge is 0.159 e. The Morgan fingerprint density at radius 1 is 1.30 bits per heavy atom. The molecule has 0 aromatic heterocycles. The summed E-state index contributed by atoms with van der Waals surface area (Å²) in [6.45, 7) is 4.14. The topological polar surface area (TPSA) is 49.7 Å². The second kappa shape index (κ2) is 2.86. The van der Waals surface area contributed by atoms with Crippen molar-refractivity contribution in [3.8, 4) is 0 Å². The minimum atomic E-state index is -0.786. The Bertz CT molecular complexity index is 101. The van der Waals surface area contributed by atoms with Gasteiger partial charge in [0.2, 0.25) is 0 Å². The van der Waals surface area contributed by atoms with Crippen LogP contribution in [-0.2, 0) is 4.74 Å². The highest BCUT2D eigenvalue weighted by atomic mass is 16.6. The number of aliphatic hydroxyl groups is 2. The van der Waals surface area contributed by atoms with Crippen LogP contribution in [0.15, 0.2) is 0 Å². The molecule has 1 aliphatic rings. The van der Waals surface area contributed by atoms with E-state index in [9.17, 15) is 5.11 Å². The summed E-state index contributed by atoms with van der Waals surface area (Å²) in [7, 11) is 0. The summed E-state index contributed by atoms with van der Waals surface area (Å²) in [6.07, 6.45) is -1.21. The predicted molar refractivity (Wildman–Crippen MR) is 36.3 cm³/mol. The Morgan fingerprint density at radius 3 is 2.40 bits per heavy atom. The van der Waals surface area contributed by atoms with E-state index in [0.717, 1.165) is 0 Å². The zero-order chi connectivity index (χ0) is 7.72. The molecule has 1 aliphatic heterocycles. The van der Waals surface area contributed by atoms with Crippen molar-refractivity contribution < 1.29 is 14.9 Å². The van der Waals surface area contributed by atoms with E-state index in [1.54, 1.807) is 6.92 Å². The lowest BCUT2D eigenvalue weighted by Gasteiger charge is -2.34. The number of rotatable bonds is 0. The molecule has 0 aromatic carbocycles. The van der Waals surface area contributed by atoms with Crippen LogP contribution in [0.4, 0.5) is 0 Å². The van der Waals surface area contributed by atoms with Crippen LogP contribution < -0.4 is 0 Å². The van der Waals surface area contributed by atoms with E-state index < -0.39 is 12.4 Å². The Hall–Kier alpha value is -0.120. The molecule has 0 saturated carbocycles. The number of hydrogen-bond donors (Lipinski definition) is 2. The number of ether oxygens (including phenoxy) is 1. The van der Waals surface area contributed by atoms with Gasteiger partial charge in [0.05, 0.1) is 12.7 Å². The highest BCUT2D eigenvalue weighted by molar-refractivity contribution is 4.76. The lowest BCUT2D eigenvalue weighted by Crippen LogP contribution is -2.43. The first-order chi connectivity index (χ1) is 4.63. The first kappa shape index (κ1) is 7.98. The van der Waals surface area contributed by atoms with Crippen molar-refractivity contribution in [1.82, 2.24) is 0 Å². The molecule has 1 rings (SSSR count). The lowest BCUT2D eigenvalue weighted by molar-refractivity contribution is -0.206. The van der Waals surface area contributed by atoms with E-state index >= 15 is 0 Å². The van der Waals surface area contributed by atoms with E-state index in [1.807, 2.05) is 6.92 Å². The Labute approximate surface area is 60.6 Å². The quantitative estimate of drug-likeness (QED) is 0.504. The second-order valence-electron chi connectivity index (χ2n) is 3.05. The first-order valence-electron chi connectivity index (χ1n) is 3.60. The van der Waals surface area contributed by atoms with Gasteiger partial charge in [-0.15, -0.1) is 0 Å². The van der Waals surface area contributed by atoms with Crippen molar-refractivity contribution in [3.63, 3.8) is 0 Å². The van der Waals surface area contributed by atoms with Gasteiger partial charge in [-0.3, -0.25) is 0 Å². The molecule has 60 valence electrons. The van der Waals surface area contributed by atoms with Gasteiger partial charge in [0.1, 0.15) is 0 Å². The molecule has 3 heteroatoms. The summed E-state index contributed by atoms with van der Waals surface area (Å²) in [4.78, 5) is 0. The molecule has 4 atom stereocenters. The maximum absolute atomic E-state index is 9.38. The SMILES string of the molecule is C[C@@H]1[C@@H](O)[C@H](C)CO[C@H]1O. The minimum Gasteiger partial charge on any atom is -0.392 e. The zero-order valence-electron chi connectivity index (χ0n) is 6.32. The highest BCUT2D eigenvalue weighted by Crippen LogP contribution is 2.23. The molecule has 2 N–H and O–H groups in total. The van der Waals surface area contributed by atoms with E-state index in [1.165, 1.54) is 0 Å². The molecule has 0 amide bonds. The highest BCUT2D eigenvalue weighted by Gasteiger charge is 2.32. The number of hydrogen-bond acceptors (Lipinski definition) is 3. The van der Waals surface area contributed by atoms with Crippen LogP contribution >= 0.6 is 0 Å². The van der Waals surface area contributed by atoms with Gasteiger partial charge in [-0.05, 0) is 0 Å². The van der Waals surface area contributed by atoms with E-state index in [2.05, 4.69) is 0 Å². The minimum absolute atomic E-state index is 0.137. The third kappa shape index (κ3) is 1.31. The van der Waals surface area contributed by atoms with Crippen molar-refractivity contribution in [2.75, 3.05) is 6.61 Å². The van der Waals surface area contributed by atoms with Crippen LogP contribution in [0.5, 0.6) is 0 Å². The molecule has 0 aliphatic carbocycles. The van der Waals surface area contributed by atoms with Crippen molar-refractivity contribution >= 4 is 0 Å². The van der Waals surface area contributed by atoms with Gasteiger partial charge >= 0.3 is 0 Å². The molecule has 3 nitrogen and oxygen atoms in total. The molecule has 0 bridgehead atoms. The number of aliphatic hydroxyl groups excluding tert-OH is 2. The van der Waals surface area contributed by atoms with Crippen molar-refractivity contribution in [3.05, 3.63) is 0 Å². The average molecular weight is 146 g/mol. The molecular weight excluding hydrogens is 132 g/mol. The third-order valence-electron chi connectivity index (χ3n) is 2.10. The predicted octanol–water partition coefficient (Wildman–Crippen LogP) is -0.0319. The van der Waals surface area contributed by atoms with Crippen LogP contribution in [0.2, 0.25) is 0 Å². The van der Waals surface area contributed by atoms with E-state index in [0.29, 0.717) is 6.61 Å². The summed E-state index contributed by atoms with van der Waals surface area (Å²) in [5.74, 6) is -0.0258. The first-order valence-corrected chi connectivity index (χ1v) is 3.60. The van der Waals surface area contributed by atoms with E-state index in [-0.39, 0.29) is 11.8 Å². The van der Waals surface area contributed by atoms with Gasteiger partial charge in [-0.1, -0.05) is 13.8 Å². The molecule has 1 saturated heterocycles. The summed E-state index contributed by atoms with van der Waals surface area (Å²) in [5, 5.41) is 18.5. The molecule has 0 spiro atoms. The van der Waals surface area contributed by atoms with Gasteiger partial charge in [0.25, 0.3) is 0 Å². The van der Waals surface area contributed by atoms with Crippen LogP contribution in [0.25, 0.3) is 0 Å². The monoisotopic (exact) mass is 146 g/mol. The Morgan fingerprint density at radius 2 is 1.90 bits per heavy atom. The molecule has 1 heterocycles. The maximum Gasteiger partial charge on any atom is 0.159 e. The van der Waals surface area contributed by atoms with Crippen LogP contribution in [0.3, 0.4) is 0 Å². The van der Waals surface area contributed by atoms with Crippen molar-refractivity contribution in [1.29, 1.82) is 0 Å². The van der Waals surface area contributed by atoms with Gasteiger partial charge in [-0.25, -0.2) is 0 Å². The summed E-state index contributed by atoms with van der Waals surface area (Å²) >= 11 is 0.